The third-order valence-electron chi connectivity index (χ3n) is 4.67. The highest BCUT2D eigenvalue weighted by atomic mass is 32.2. The summed E-state index contributed by atoms with van der Waals surface area (Å²) < 4.78 is 26.5. The predicted octanol–water partition coefficient (Wildman–Crippen LogP) is 3.72. The summed E-state index contributed by atoms with van der Waals surface area (Å²) in [6, 6.07) is 12.2. The fraction of sp³-hybridized carbons (Fsp3) is 0.190. The standard InChI is InChI=1S/C21H19FN4O2S/c1-12-9-14-10-17(27-2)18(28-3)11-16(14)19(13-5-7-15(22)8-6-13)26(12)20-23-21(29-4)25-24-20/h5-11H,1-4H3. The van der Waals surface area contributed by atoms with E-state index in [1.165, 1.54) is 23.9 Å². The molecule has 0 saturated heterocycles. The van der Waals surface area contributed by atoms with Crippen molar-refractivity contribution in [2.24, 2.45) is 0 Å². The molecule has 0 bridgehead atoms. The van der Waals surface area contributed by atoms with E-state index in [9.17, 15) is 4.39 Å². The zero-order valence-electron chi connectivity index (χ0n) is 16.4. The minimum absolute atomic E-state index is 0.299. The Morgan fingerprint density at radius 1 is 1.00 bits per heavy atom. The summed E-state index contributed by atoms with van der Waals surface area (Å²) in [7, 11) is 3.20. The van der Waals surface area contributed by atoms with Gasteiger partial charge in [-0.2, -0.15) is 4.98 Å². The van der Waals surface area contributed by atoms with Gasteiger partial charge in [-0.25, -0.2) is 4.39 Å². The summed E-state index contributed by atoms with van der Waals surface area (Å²) in [5.41, 5.74) is 2.55. The van der Waals surface area contributed by atoms with Crippen molar-refractivity contribution in [1.29, 1.82) is 0 Å². The van der Waals surface area contributed by atoms with Gasteiger partial charge in [-0.05, 0) is 66.6 Å². The largest absolute Gasteiger partial charge is 0.493 e. The predicted molar refractivity (Wildman–Crippen MR) is 109 cm³/mol. The molecule has 6 nitrogen and oxygen atoms in total. The number of ether oxygens (including phenoxy) is 2. The number of rotatable bonds is 5. The number of pyridine rings is 1. The first-order chi connectivity index (χ1) is 14.0. The Morgan fingerprint density at radius 2 is 1.69 bits per heavy atom. The number of aromatic nitrogens is 4. The lowest BCUT2D eigenvalue weighted by molar-refractivity contribution is -0.598. The molecule has 0 unspecified atom stereocenters. The number of hydrogen-bond donors (Lipinski definition) is 0. The minimum Gasteiger partial charge on any atom is -0.493 e. The third-order valence-corrected chi connectivity index (χ3v) is 5.21. The molecule has 148 valence electrons. The molecule has 8 heteroatoms. The van der Waals surface area contributed by atoms with E-state index in [1.807, 2.05) is 35.9 Å². The van der Waals surface area contributed by atoms with Gasteiger partial charge in [0, 0.05) is 11.1 Å². The van der Waals surface area contributed by atoms with Crippen molar-refractivity contribution in [3.8, 4) is 28.7 Å². The molecule has 2 aromatic heterocycles. The van der Waals surface area contributed by atoms with Gasteiger partial charge in [0.05, 0.1) is 19.9 Å². The second kappa shape index (κ2) is 7.71. The summed E-state index contributed by atoms with van der Waals surface area (Å²) in [4.78, 5) is 4.52. The Balaban J connectivity index is 2.11. The molecule has 0 spiro atoms. The van der Waals surface area contributed by atoms with Crippen LogP contribution in [-0.2, 0) is 0 Å². The van der Waals surface area contributed by atoms with Gasteiger partial charge in [0.25, 0.3) is 5.95 Å². The fourth-order valence-electron chi connectivity index (χ4n) is 3.35. The van der Waals surface area contributed by atoms with Crippen LogP contribution in [0.3, 0.4) is 0 Å². The van der Waals surface area contributed by atoms with Gasteiger partial charge < -0.3 is 9.47 Å². The van der Waals surface area contributed by atoms with Crippen LogP contribution < -0.4 is 19.0 Å². The number of halogens is 1. The second-order valence-electron chi connectivity index (χ2n) is 6.37. The van der Waals surface area contributed by atoms with Gasteiger partial charge in [-0.3, -0.25) is 4.57 Å². The lowest BCUT2D eigenvalue weighted by Gasteiger charge is -2.19. The van der Waals surface area contributed by atoms with Crippen LogP contribution >= 0.6 is 11.8 Å². The molecule has 0 aliphatic heterocycles. The Bertz CT molecular complexity index is 1190. The van der Waals surface area contributed by atoms with Crippen molar-refractivity contribution in [2.75, 3.05) is 20.5 Å². The van der Waals surface area contributed by atoms with Gasteiger partial charge in [0.2, 0.25) is 5.16 Å². The maximum absolute atomic E-state index is 13.6. The number of fused-ring (bicyclic) bond motifs is 1. The van der Waals surface area contributed by atoms with Crippen LogP contribution in [0.4, 0.5) is 4.39 Å². The normalized spacial score (nSPS) is 11.1. The van der Waals surface area contributed by atoms with E-state index in [0.29, 0.717) is 22.6 Å². The number of aryl methyl sites for hydroxylation is 1. The zero-order valence-corrected chi connectivity index (χ0v) is 17.2. The van der Waals surface area contributed by atoms with E-state index in [-0.39, 0.29) is 5.82 Å². The van der Waals surface area contributed by atoms with Crippen LogP contribution in [0.2, 0.25) is 0 Å². The fourth-order valence-corrected chi connectivity index (χ4v) is 3.65. The molecular weight excluding hydrogens is 391 g/mol. The molecule has 0 aliphatic carbocycles. The molecule has 0 N–H and O–H groups in total. The number of benzene rings is 2. The summed E-state index contributed by atoms with van der Waals surface area (Å²) in [6.45, 7) is 1.97. The summed E-state index contributed by atoms with van der Waals surface area (Å²) in [6.07, 6.45) is 1.90. The molecule has 4 aromatic rings. The maximum Gasteiger partial charge on any atom is 0.256 e. The van der Waals surface area contributed by atoms with Gasteiger partial charge >= 0.3 is 0 Å². The topological polar surface area (TPSA) is 62.2 Å². The Kier molecular flexibility index (Phi) is 5.10. The number of nitrogens with zero attached hydrogens (tertiary/aromatic N) is 4. The molecule has 29 heavy (non-hydrogen) atoms. The summed E-state index contributed by atoms with van der Waals surface area (Å²) in [5.74, 6) is 1.40. The smallest absolute Gasteiger partial charge is 0.256 e. The highest BCUT2D eigenvalue weighted by Gasteiger charge is 2.19. The average Bonchev–Trinajstić information content (AvgIpc) is 3.21. The van der Waals surface area contributed by atoms with Crippen molar-refractivity contribution in [1.82, 2.24) is 15.2 Å². The first-order valence-electron chi connectivity index (χ1n) is 8.84. The quantitative estimate of drug-likeness (QED) is 0.369. The number of hydrogen-bond acceptors (Lipinski definition) is 5. The average molecular weight is 410 g/mol. The summed E-state index contributed by atoms with van der Waals surface area (Å²) in [5, 5.41) is 10.8. The molecule has 0 fully saturated rings. The first-order valence-corrected chi connectivity index (χ1v) is 10.1. The molecular formula is C21H19FN4O2S. The Hall–Kier alpha value is -3.13. The molecule has 0 atom stereocenters. The van der Waals surface area contributed by atoms with E-state index >= 15 is 0 Å². The Morgan fingerprint density at radius 3 is 2.31 bits per heavy atom. The van der Waals surface area contributed by atoms with E-state index < -0.39 is 0 Å². The van der Waals surface area contributed by atoms with Crippen LogP contribution in [0.1, 0.15) is 5.69 Å². The van der Waals surface area contributed by atoms with Crippen LogP contribution in [0.5, 0.6) is 11.5 Å². The van der Waals surface area contributed by atoms with E-state index in [0.717, 1.165) is 27.7 Å². The highest BCUT2D eigenvalue weighted by Crippen LogP contribution is 2.36. The molecule has 2 heterocycles. The lowest BCUT2D eigenvalue weighted by Crippen LogP contribution is -2.39. The molecule has 0 saturated carbocycles. The van der Waals surface area contributed by atoms with Crippen molar-refractivity contribution in [2.45, 2.75) is 12.1 Å². The van der Waals surface area contributed by atoms with Gasteiger partial charge in [-0.1, -0.05) is 11.8 Å². The van der Waals surface area contributed by atoms with Gasteiger partial charge in [0.1, 0.15) is 5.82 Å². The number of thioether (sulfide) groups is 1. The zero-order chi connectivity index (χ0) is 20.5. The van der Waals surface area contributed by atoms with E-state index in [1.54, 1.807) is 26.4 Å². The number of methoxy groups -OCH3 is 2. The Labute approximate surface area is 171 Å². The van der Waals surface area contributed by atoms with Crippen LogP contribution in [0, 0.1) is 12.7 Å². The second-order valence-corrected chi connectivity index (χ2v) is 7.14. The third kappa shape index (κ3) is 3.40. The molecule has 4 rings (SSSR count). The monoisotopic (exact) mass is 410 g/mol. The van der Waals surface area contributed by atoms with Crippen molar-refractivity contribution in [3.05, 3.63) is 54.0 Å². The van der Waals surface area contributed by atoms with Crippen molar-refractivity contribution in [3.63, 3.8) is 0 Å². The van der Waals surface area contributed by atoms with Crippen molar-refractivity contribution >= 4 is 22.5 Å². The van der Waals surface area contributed by atoms with Crippen molar-refractivity contribution < 1.29 is 18.4 Å². The van der Waals surface area contributed by atoms with Gasteiger partial charge in [-0.15, -0.1) is 10.2 Å². The molecule has 0 radical (unpaired) electrons. The molecule has 0 amide bonds. The SMILES string of the molecule is COc1cc2cc(C)[n+](-c3nnc(SC)[n-]3)c(-c3ccc(F)cc3)c2cc1OC. The van der Waals surface area contributed by atoms with Gasteiger partial charge in [0.15, 0.2) is 11.5 Å². The van der Waals surface area contributed by atoms with E-state index in [4.69, 9.17) is 9.47 Å². The first kappa shape index (κ1) is 19.2. The molecule has 0 aliphatic rings. The van der Waals surface area contributed by atoms with Crippen LogP contribution in [-0.4, -0.2) is 30.7 Å². The highest BCUT2D eigenvalue weighted by molar-refractivity contribution is 7.98. The van der Waals surface area contributed by atoms with E-state index in [2.05, 4.69) is 15.2 Å². The lowest BCUT2D eigenvalue weighted by atomic mass is 10.0. The molecule has 2 aromatic carbocycles. The summed E-state index contributed by atoms with van der Waals surface area (Å²) >= 11 is 1.42. The maximum atomic E-state index is 13.6. The van der Waals surface area contributed by atoms with Crippen LogP contribution in [0.15, 0.2) is 47.6 Å². The minimum atomic E-state index is -0.299. The van der Waals surface area contributed by atoms with Crippen LogP contribution in [0.25, 0.3) is 28.0 Å².